The Morgan fingerprint density at radius 1 is 1.20 bits per heavy atom. The molecule has 2 aliphatic heterocycles. The van der Waals surface area contributed by atoms with Gasteiger partial charge in [0.25, 0.3) is 5.91 Å². The lowest BCUT2D eigenvalue weighted by Crippen LogP contribution is -2.47. The molecule has 2 fully saturated rings. The van der Waals surface area contributed by atoms with Gasteiger partial charge in [0.05, 0.1) is 5.56 Å². The van der Waals surface area contributed by atoms with Gasteiger partial charge in [-0.25, -0.2) is 0 Å². The number of nitrogens with zero attached hydrogens (tertiary/aromatic N) is 3. The molecule has 108 valence electrons. The molecule has 3 rings (SSSR count). The summed E-state index contributed by atoms with van der Waals surface area (Å²) in [5.41, 5.74) is 1.68. The van der Waals surface area contributed by atoms with Gasteiger partial charge in [-0.3, -0.25) is 9.78 Å². The molecule has 2 aliphatic rings. The van der Waals surface area contributed by atoms with Gasteiger partial charge in [-0.2, -0.15) is 0 Å². The first-order valence-electron chi connectivity index (χ1n) is 7.60. The fourth-order valence-corrected chi connectivity index (χ4v) is 3.63. The van der Waals surface area contributed by atoms with E-state index in [9.17, 15) is 4.79 Å². The zero-order chi connectivity index (χ0) is 14.1. The lowest BCUT2D eigenvalue weighted by atomic mass is 10.0. The summed E-state index contributed by atoms with van der Waals surface area (Å²) < 4.78 is 0. The predicted molar refractivity (Wildman–Crippen MR) is 78.7 cm³/mol. The summed E-state index contributed by atoms with van der Waals surface area (Å²) in [6.07, 6.45) is 6.45. The molecule has 0 spiro atoms. The average Bonchev–Trinajstić information content (AvgIpc) is 3.07. The van der Waals surface area contributed by atoms with E-state index in [1.54, 1.807) is 6.20 Å². The maximum Gasteiger partial charge on any atom is 0.255 e. The number of hydrogen-bond donors (Lipinski definition) is 0. The summed E-state index contributed by atoms with van der Waals surface area (Å²) in [7, 11) is 2.19. The summed E-state index contributed by atoms with van der Waals surface area (Å²) >= 11 is 0. The third-order valence-electron chi connectivity index (χ3n) is 4.74. The molecule has 1 amide bonds. The number of carbonyl (C=O) groups is 1. The second-order valence-electron chi connectivity index (χ2n) is 6.09. The van der Waals surface area contributed by atoms with E-state index in [0.717, 1.165) is 37.2 Å². The number of amides is 1. The van der Waals surface area contributed by atoms with Crippen molar-refractivity contribution in [2.24, 2.45) is 0 Å². The highest BCUT2D eigenvalue weighted by Gasteiger charge is 2.38. The van der Waals surface area contributed by atoms with E-state index >= 15 is 0 Å². The highest BCUT2D eigenvalue weighted by atomic mass is 16.2. The fourth-order valence-electron chi connectivity index (χ4n) is 3.63. The van der Waals surface area contributed by atoms with E-state index in [1.807, 2.05) is 19.1 Å². The maximum absolute atomic E-state index is 12.7. The Hall–Kier alpha value is -1.42. The predicted octanol–water partition coefficient (Wildman–Crippen LogP) is 2.09. The van der Waals surface area contributed by atoms with Crippen LogP contribution in [0.5, 0.6) is 0 Å². The van der Waals surface area contributed by atoms with Crippen LogP contribution in [0.4, 0.5) is 0 Å². The first-order chi connectivity index (χ1) is 9.66. The van der Waals surface area contributed by atoms with Crippen LogP contribution in [0.1, 0.15) is 41.7 Å². The molecule has 0 unspecified atom stereocenters. The number of aromatic nitrogens is 1. The largest absolute Gasteiger partial charge is 0.334 e. The van der Waals surface area contributed by atoms with Crippen LogP contribution >= 0.6 is 0 Å². The van der Waals surface area contributed by atoms with Gasteiger partial charge in [-0.15, -0.1) is 0 Å². The first-order valence-corrected chi connectivity index (χ1v) is 7.60. The Balaban J connectivity index is 1.78. The van der Waals surface area contributed by atoms with E-state index < -0.39 is 0 Å². The summed E-state index contributed by atoms with van der Waals surface area (Å²) in [4.78, 5) is 21.5. The molecular weight excluding hydrogens is 250 g/mol. The maximum atomic E-state index is 12.7. The van der Waals surface area contributed by atoms with Crippen LogP contribution in [0.25, 0.3) is 0 Å². The van der Waals surface area contributed by atoms with Crippen LogP contribution in [0.3, 0.4) is 0 Å². The number of pyridine rings is 1. The highest BCUT2D eigenvalue weighted by Crippen LogP contribution is 2.30. The van der Waals surface area contributed by atoms with Gasteiger partial charge in [0.15, 0.2) is 0 Å². The molecule has 0 saturated carbocycles. The zero-order valence-electron chi connectivity index (χ0n) is 12.4. The van der Waals surface area contributed by atoms with Crippen LogP contribution in [-0.2, 0) is 0 Å². The Kier molecular flexibility index (Phi) is 3.74. The lowest BCUT2D eigenvalue weighted by Gasteiger charge is -2.33. The smallest absolute Gasteiger partial charge is 0.255 e. The van der Waals surface area contributed by atoms with Crippen molar-refractivity contribution >= 4 is 5.91 Å². The van der Waals surface area contributed by atoms with Gasteiger partial charge < -0.3 is 9.80 Å². The third-order valence-corrected chi connectivity index (χ3v) is 4.74. The number of carbonyl (C=O) groups excluding carboxylic acids is 1. The van der Waals surface area contributed by atoms with Crippen molar-refractivity contribution < 1.29 is 4.79 Å². The summed E-state index contributed by atoms with van der Waals surface area (Å²) in [6.45, 7) is 4.00. The Bertz CT molecular complexity index is 485. The van der Waals surface area contributed by atoms with E-state index in [-0.39, 0.29) is 5.91 Å². The van der Waals surface area contributed by atoms with Crippen molar-refractivity contribution in [1.29, 1.82) is 0 Å². The number of likely N-dealkylation sites (tertiary alicyclic amines) is 2. The van der Waals surface area contributed by atoms with E-state index in [0.29, 0.717) is 12.1 Å². The minimum absolute atomic E-state index is 0.153. The highest BCUT2D eigenvalue weighted by molar-refractivity contribution is 5.94. The van der Waals surface area contributed by atoms with E-state index in [2.05, 4.69) is 21.8 Å². The molecule has 2 atom stereocenters. The quantitative estimate of drug-likeness (QED) is 0.828. The van der Waals surface area contributed by atoms with Gasteiger partial charge >= 0.3 is 0 Å². The monoisotopic (exact) mass is 273 g/mol. The van der Waals surface area contributed by atoms with E-state index in [4.69, 9.17) is 0 Å². The molecule has 2 saturated heterocycles. The van der Waals surface area contributed by atoms with Gasteiger partial charge in [0.1, 0.15) is 0 Å². The van der Waals surface area contributed by atoms with Gasteiger partial charge in [0.2, 0.25) is 0 Å². The molecule has 4 nitrogen and oxygen atoms in total. The normalized spacial score (nSPS) is 27.2. The molecule has 1 aromatic heterocycles. The second-order valence-corrected chi connectivity index (χ2v) is 6.09. The van der Waals surface area contributed by atoms with Gasteiger partial charge in [-0.05, 0) is 58.3 Å². The summed E-state index contributed by atoms with van der Waals surface area (Å²) in [5.74, 6) is 0.153. The minimum Gasteiger partial charge on any atom is -0.334 e. The van der Waals surface area contributed by atoms with Crippen LogP contribution in [0, 0.1) is 6.92 Å². The number of hydrogen-bond acceptors (Lipinski definition) is 3. The third kappa shape index (κ3) is 2.44. The van der Waals surface area contributed by atoms with Crippen molar-refractivity contribution in [2.45, 2.75) is 44.7 Å². The molecular formula is C16H23N3O. The standard InChI is InChI=1S/C16H23N3O/c1-12-7-8-13(11-17-12)16(20)19-10-4-6-15(19)14-5-3-9-18(14)2/h7-8,11,14-15H,3-6,9-10H2,1-2H3/t14-,15+/m0/s1. The topological polar surface area (TPSA) is 36.4 Å². The molecule has 0 radical (unpaired) electrons. The Morgan fingerprint density at radius 2 is 1.95 bits per heavy atom. The molecule has 0 N–H and O–H groups in total. The average molecular weight is 273 g/mol. The zero-order valence-corrected chi connectivity index (χ0v) is 12.4. The van der Waals surface area contributed by atoms with Crippen molar-refractivity contribution in [3.05, 3.63) is 29.6 Å². The Morgan fingerprint density at radius 3 is 2.60 bits per heavy atom. The molecule has 1 aromatic rings. The number of likely N-dealkylation sites (N-methyl/N-ethyl adjacent to an activating group) is 1. The number of rotatable bonds is 2. The lowest BCUT2D eigenvalue weighted by molar-refractivity contribution is 0.0664. The van der Waals surface area contributed by atoms with Crippen molar-refractivity contribution in [3.8, 4) is 0 Å². The van der Waals surface area contributed by atoms with Gasteiger partial charge in [-0.1, -0.05) is 0 Å². The van der Waals surface area contributed by atoms with Crippen molar-refractivity contribution in [3.63, 3.8) is 0 Å². The van der Waals surface area contributed by atoms with E-state index in [1.165, 1.54) is 12.8 Å². The van der Waals surface area contributed by atoms with Gasteiger partial charge in [0, 0.05) is 30.5 Å². The van der Waals surface area contributed by atoms with Crippen molar-refractivity contribution in [1.82, 2.24) is 14.8 Å². The molecule has 3 heterocycles. The SMILES string of the molecule is Cc1ccc(C(=O)N2CCC[C@@H]2[C@@H]2CCCN2C)cn1. The van der Waals surface area contributed by atoms with Crippen LogP contribution in [-0.4, -0.2) is 52.9 Å². The first kappa shape index (κ1) is 13.6. The molecule has 4 heteroatoms. The number of aryl methyl sites for hydroxylation is 1. The van der Waals surface area contributed by atoms with Crippen molar-refractivity contribution in [2.75, 3.05) is 20.1 Å². The van der Waals surface area contributed by atoms with Crippen LogP contribution in [0.15, 0.2) is 18.3 Å². The molecule has 0 bridgehead atoms. The van der Waals surface area contributed by atoms with Crippen LogP contribution in [0.2, 0.25) is 0 Å². The molecule has 0 aliphatic carbocycles. The summed E-state index contributed by atoms with van der Waals surface area (Å²) in [6, 6.07) is 4.74. The Labute approximate surface area is 120 Å². The fraction of sp³-hybridized carbons (Fsp3) is 0.625. The second kappa shape index (κ2) is 5.52. The minimum atomic E-state index is 0.153. The summed E-state index contributed by atoms with van der Waals surface area (Å²) in [5, 5.41) is 0. The molecule has 20 heavy (non-hydrogen) atoms. The molecule has 0 aromatic carbocycles. The van der Waals surface area contributed by atoms with Crippen LogP contribution < -0.4 is 0 Å².